The largest absolute Gasteiger partial charge is 0.376 e. The highest BCUT2D eigenvalue weighted by molar-refractivity contribution is 7.90. The lowest BCUT2D eigenvalue weighted by atomic mass is 10.1. The van der Waals surface area contributed by atoms with Crippen LogP contribution in [0.1, 0.15) is 39.1 Å². The van der Waals surface area contributed by atoms with Crippen LogP contribution in [-0.2, 0) is 21.5 Å². The lowest BCUT2D eigenvalue weighted by Crippen LogP contribution is -2.40. The number of hydrogen-bond donors (Lipinski definition) is 2. The van der Waals surface area contributed by atoms with E-state index in [0.29, 0.717) is 35.5 Å². The summed E-state index contributed by atoms with van der Waals surface area (Å²) in [4.78, 5) is 25.7. The fourth-order valence-electron chi connectivity index (χ4n) is 4.16. The summed E-state index contributed by atoms with van der Waals surface area (Å²) in [6.07, 6.45) is 1.86. The van der Waals surface area contributed by atoms with Crippen molar-refractivity contribution in [1.29, 1.82) is 0 Å². The predicted molar refractivity (Wildman–Crippen MR) is 147 cm³/mol. The lowest BCUT2D eigenvalue weighted by Gasteiger charge is -2.27. The molecule has 1 saturated heterocycles. The van der Waals surface area contributed by atoms with Crippen molar-refractivity contribution >= 4 is 33.4 Å². The third-order valence-corrected chi connectivity index (χ3v) is 8.14. The van der Waals surface area contributed by atoms with Crippen molar-refractivity contribution in [3.05, 3.63) is 95.3 Å². The molecule has 2 N–H and O–H groups in total. The fourth-order valence-corrected chi connectivity index (χ4v) is 5.26. The maximum atomic E-state index is 14.5. The average Bonchev–Trinajstić information content (AvgIpc) is 3.45. The minimum atomic E-state index is -4.00. The Kier molecular flexibility index (Phi) is 8.95. The number of rotatable bonds is 10. The van der Waals surface area contributed by atoms with Gasteiger partial charge in [-0.3, -0.25) is 13.9 Å². The summed E-state index contributed by atoms with van der Waals surface area (Å²) in [6.45, 7) is 0.950. The van der Waals surface area contributed by atoms with Gasteiger partial charge < -0.3 is 15.4 Å². The molecule has 0 radical (unpaired) electrons. The molecule has 0 aliphatic carbocycles. The summed E-state index contributed by atoms with van der Waals surface area (Å²) in [5.74, 6) is -1.42. The topological polar surface area (TPSA) is 108 Å². The van der Waals surface area contributed by atoms with Gasteiger partial charge in [-0.1, -0.05) is 36.4 Å². The van der Waals surface area contributed by atoms with Gasteiger partial charge in [-0.15, -0.1) is 0 Å². The molecule has 3 aromatic carbocycles. The summed E-state index contributed by atoms with van der Waals surface area (Å²) in [5, 5.41) is 5.63. The molecule has 9 nitrogen and oxygen atoms in total. The van der Waals surface area contributed by atoms with Crippen molar-refractivity contribution in [2.75, 3.05) is 36.9 Å². The molecule has 1 aliphatic rings. The zero-order chi connectivity index (χ0) is 28.0. The molecule has 1 heterocycles. The first-order valence-corrected chi connectivity index (χ1v) is 13.9. The van der Waals surface area contributed by atoms with E-state index in [1.54, 1.807) is 54.6 Å². The van der Waals surface area contributed by atoms with Crippen LogP contribution in [0.25, 0.3) is 0 Å². The van der Waals surface area contributed by atoms with E-state index in [2.05, 4.69) is 10.6 Å². The Balaban J connectivity index is 1.47. The third-order valence-electron chi connectivity index (χ3n) is 6.34. The molecule has 0 bridgehead atoms. The van der Waals surface area contributed by atoms with Crippen molar-refractivity contribution in [2.24, 2.45) is 0 Å². The van der Waals surface area contributed by atoms with Crippen molar-refractivity contribution < 1.29 is 27.1 Å². The van der Waals surface area contributed by atoms with Gasteiger partial charge in [-0.25, -0.2) is 4.39 Å². The van der Waals surface area contributed by atoms with Crippen molar-refractivity contribution in [2.45, 2.75) is 25.5 Å². The Labute approximate surface area is 227 Å². The Hall–Kier alpha value is -3.80. The SMILES string of the molecule is CN(C)S(=O)(=O)N(Cc1ccc(C(=O)Nc2ccccc2C(=O)NC[C@H]2CCCO2)cc1)c1ccccc1F. The number of ether oxygens (including phenoxy) is 1. The van der Waals surface area contributed by atoms with Crippen molar-refractivity contribution in [3.63, 3.8) is 0 Å². The summed E-state index contributed by atoms with van der Waals surface area (Å²) >= 11 is 0. The minimum Gasteiger partial charge on any atom is -0.376 e. The van der Waals surface area contributed by atoms with E-state index in [9.17, 15) is 22.4 Å². The first kappa shape index (κ1) is 28.2. The van der Waals surface area contributed by atoms with Crippen LogP contribution in [0.5, 0.6) is 0 Å². The zero-order valence-corrected chi connectivity index (χ0v) is 22.6. The summed E-state index contributed by atoms with van der Waals surface area (Å²) in [5.41, 5.74) is 1.46. The number of amides is 2. The van der Waals surface area contributed by atoms with Crippen molar-refractivity contribution in [1.82, 2.24) is 9.62 Å². The van der Waals surface area contributed by atoms with Gasteiger partial charge in [0.1, 0.15) is 5.82 Å². The highest BCUT2D eigenvalue weighted by Crippen LogP contribution is 2.26. The first-order chi connectivity index (χ1) is 18.7. The number of nitrogens with zero attached hydrogens (tertiary/aromatic N) is 2. The molecular formula is C28H31FN4O5S. The molecule has 1 fully saturated rings. The van der Waals surface area contributed by atoms with Crippen LogP contribution in [0, 0.1) is 5.82 Å². The van der Waals surface area contributed by atoms with Crippen LogP contribution in [0.15, 0.2) is 72.8 Å². The van der Waals surface area contributed by atoms with Gasteiger partial charge in [-0.05, 0) is 54.8 Å². The zero-order valence-electron chi connectivity index (χ0n) is 21.8. The van der Waals surface area contributed by atoms with Gasteiger partial charge >= 0.3 is 10.2 Å². The molecule has 2 amide bonds. The van der Waals surface area contributed by atoms with E-state index in [0.717, 1.165) is 21.5 Å². The third kappa shape index (κ3) is 6.80. The highest BCUT2D eigenvalue weighted by atomic mass is 32.2. The van der Waals surface area contributed by atoms with E-state index in [-0.39, 0.29) is 24.2 Å². The molecule has 206 valence electrons. The second-order valence-corrected chi connectivity index (χ2v) is 11.4. The molecule has 0 spiro atoms. The van der Waals surface area contributed by atoms with Gasteiger partial charge in [0.25, 0.3) is 11.8 Å². The fraction of sp³-hybridized carbons (Fsp3) is 0.286. The molecule has 0 unspecified atom stereocenters. The highest BCUT2D eigenvalue weighted by Gasteiger charge is 2.27. The molecule has 0 saturated carbocycles. The maximum Gasteiger partial charge on any atom is 0.303 e. The normalized spacial score (nSPS) is 15.2. The second kappa shape index (κ2) is 12.4. The number of carbonyl (C=O) groups is 2. The summed E-state index contributed by atoms with van der Waals surface area (Å²) in [7, 11) is -1.26. The van der Waals surface area contributed by atoms with Crippen LogP contribution in [0.4, 0.5) is 15.8 Å². The smallest absolute Gasteiger partial charge is 0.303 e. The van der Waals surface area contributed by atoms with E-state index in [1.165, 1.54) is 32.3 Å². The van der Waals surface area contributed by atoms with Gasteiger partial charge in [-0.2, -0.15) is 12.7 Å². The number of hydrogen-bond acceptors (Lipinski definition) is 5. The van der Waals surface area contributed by atoms with Gasteiger partial charge in [0.15, 0.2) is 0 Å². The summed E-state index contributed by atoms with van der Waals surface area (Å²) in [6, 6.07) is 18.7. The summed E-state index contributed by atoms with van der Waals surface area (Å²) < 4.78 is 48.0. The molecule has 39 heavy (non-hydrogen) atoms. The van der Waals surface area contributed by atoms with E-state index in [1.807, 2.05) is 0 Å². The van der Waals surface area contributed by atoms with Gasteiger partial charge in [0.2, 0.25) is 0 Å². The number of para-hydroxylation sites is 2. The van der Waals surface area contributed by atoms with Crippen molar-refractivity contribution in [3.8, 4) is 0 Å². The number of nitrogens with one attached hydrogen (secondary N) is 2. The Morgan fingerprint density at radius 1 is 0.974 bits per heavy atom. The molecule has 1 aliphatic heterocycles. The maximum absolute atomic E-state index is 14.5. The second-order valence-electron chi connectivity index (χ2n) is 9.29. The first-order valence-electron chi connectivity index (χ1n) is 12.5. The lowest BCUT2D eigenvalue weighted by molar-refractivity contribution is 0.0858. The number of halogens is 1. The van der Waals surface area contributed by atoms with E-state index >= 15 is 0 Å². The Morgan fingerprint density at radius 3 is 2.33 bits per heavy atom. The molecule has 11 heteroatoms. The average molecular weight is 555 g/mol. The molecule has 0 aromatic heterocycles. The van der Waals surface area contributed by atoms with E-state index < -0.39 is 21.9 Å². The van der Waals surface area contributed by atoms with Crippen LogP contribution in [0.2, 0.25) is 0 Å². The standard InChI is InChI=1S/C28H31FN4O5S/c1-32(2)39(36,37)33(26-12-6-4-10-24(26)29)19-20-13-15-21(16-14-20)27(34)31-25-11-5-3-9-23(25)28(35)30-18-22-8-7-17-38-22/h3-6,9-16,22H,7-8,17-19H2,1-2H3,(H,30,35)(H,31,34)/t22-/m1/s1. The molecule has 3 aromatic rings. The molecular weight excluding hydrogens is 523 g/mol. The van der Waals surface area contributed by atoms with Crippen LogP contribution >= 0.6 is 0 Å². The monoisotopic (exact) mass is 554 g/mol. The number of carbonyl (C=O) groups excluding carboxylic acids is 2. The van der Waals surface area contributed by atoms with Crippen LogP contribution in [0.3, 0.4) is 0 Å². The number of benzene rings is 3. The molecule has 4 rings (SSSR count). The van der Waals surface area contributed by atoms with Crippen LogP contribution in [-0.4, -0.2) is 57.9 Å². The predicted octanol–water partition coefficient (Wildman–Crippen LogP) is 3.80. The van der Waals surface area contributed by atoms with Gasteiger partial charge in [0.05, 0.1) is 29.6 Å². The van der Waals surface area contributed by atoms with E-state index in [4.69, 9.17) is 4.74 Å². The minimum absolute atomic E-state index is 0.00348. The number of anilines is 2. The Morgan fingerprint density at radius 2 is 1.67 bits per heavy atom. The van der Waals surface area contributed by atoms with Crippen LogP contribution < -0.4 is 14.9 Å². The molecule has 1 atom stereocenters. The quantitative estimate of drug-likeness (QED) is 0.397. The van der Waals surface area contributed by atoms with Gasteiger partial charge in [0, 0.05) is 32.8 Å². The Bertz CT molecular complexity index is 1420.